The van der Waals surface area contributed by atoms with Gasteiger partial charge < -0.3 is 4.74 Å². The molecule has 1 aliphatic rings. The zero-order valence-corrected chi connectivity index (χ0v) is 12.5. The SMILES string of the molecule is CC(=O)OC/C=C/C1CCC(c2ccc(C=O)cc2)CC1. The van der Waals surface area contributed by atoms with Crippen molar-refractivity contribution in [3.05, 3.63) is 47.5 Å². The minimum atomic E-state index is -0.234. The first kappa shape index (κ1) is 15.5. The summed E-state index contributed by atoms with van der Waals surface area (Å²) in [5, 5.41) is 0. The number of carbonyl (C=O) groups excluding carboxylic acids is 2. The van der Waals surface area contributed by atoms with Crippen molar-refractivity contribution in [3.8, 4) is 0 Å². The van der Waals surface area contributed by atoms with Crippen LogP contribution in [0.2, 0.25) is 0 Å². The fraction of sp³-hybridized carbons (Fsp3) is 0.444. The van der Waals surface area contributed by atoms with Crippen molar-refractivity contribution in [2.24, 2.45) is 5.92 Å². The number of aldehydes is 1. The molecule has 112 valence electrons. The van der Waals surface area contributed by atoms with E-state index in [1.54, 1.807) is 0 Å². The van der Waals surface area contributed by atoms with Gasteiger partial charge in [-0.25, -0.2) is 0 Å². The van der Waals surface area contributed by atoms with E-state index >= 15 is 0 Å². The second kappa shape index (κ2) is 7.77. The highest BCUT2D eigenvalue weighted by Gasteiger charge is 2.20. The molecule has 0 N–H and O–H groups in total. The second-order valence-corrected chi connectivity index (χ2v) is 5.63. The summed E-state index contributed by atoms with van der Waals surface area (Å²) in [4.78, 5) is 21.3. The highest BCUT2D eigenvalue weighted by Crippen LogP contribution is 2.36. The first-order valence-electron chi connectivity index (χ1n) is 7.54. The molecule has 3 nitrogen and oxygen atoms in total. The molecule has 0 atom stereocenters. The molecule has 0 aromatic heterocycles. The molecular weight excluding hydrogens is 264 g/mol. The molecule has 2 rings (SSSR count). The Balaban J connectivity index is 1.79. The van der Waals surface area contributed by atoms with Crippen LogP contribution in [0.5, 0.6) is 0 Å². The fourth-order valence-corrected chi connectivity index (χ4v) is 2.91. The van der Waals surface area contributed by atoms with Gasteiger partial charge in [-0.15, -0.1) is 0 Å². The van der Waals surface area contributed by atoms with Gasteiger partial charge >= 0.3 is 5.97 Å². The molecular formula is C18H22O3. The monoisotopic (exact) mass is 286 g/mol. The number of allylic oxidation sites excluding steroid dienone is 1. The summed E-state index contributed by atoms with van der Waals surface area (Å²) in [5.41, 5.74) is 2.07. The van der Waals surface area contributed by atoms with Gasteiger partial charge in [0.2, 0.25) is 0 Å². The normalized spacial score (nSPS) is 22.1. The first-order chi connectivity index (χ1) is 10.2. The molecule has 1 aromatic rings. The lowest BCUT2D eigenvalue weighted by Gasteiger charge is -2.27. The van der Waals surface area contributed by atoms with Crippen LogP contribution in [0, 0.1) is 5.92 Å². The molecule has 1 aliphatic carbocycles. The van der Waals surface area contributed by atoms with E-state index in [2.05, 4.69) is 18.2 Å². The minimum absolute atomic E-state index is 0.234. The lowest BCUT2D eigenvalue weighted by molar-refractivity contribution is -0.139. The van der Waals surface area contributed by atoms with Crippen LogP contribution in [-0.2, 0) is 9.53 Å². The van der Waals surface area contributed by atoms with Crippen LogP contribution in [0.25, 0.3) is 0 Å². The third-order valence-electron chi connectivity index (χ3n) is 4.11. The molecule has 0 heterocycles. The molecule has 21 heavy (non-hydrogen) atoms. The summed E-state index contributed by atoms with van der Waals surface area (Å²) in [7, 11) is 0. The Morgan fingerprint density at radius 2 is 1.86 bits per heavy atom. The van der Waals surface area contributed by atoms with Crippen LogP contribution in [0.15, 0.2) is 36.4 Å². The van der Waals surface area contributed by atoms with E-state index in [-0.39, 0.29) is 5.97 Å². The molecule has 1 fully saturated rings. The van der Waals surface area contributed by atoms with Crippen LogP contribution in [0.1, 0.15) is 54.4 Å². The van der Waals surface area contributed by atoms with Crippen molar-refractivity contribution in [2.45, 2.75) is 38.5 Å². The molecule has 0 unspecified atom stereocenters. The number of ether oxygens (including phenoxy) is 1. The number of esters is 1. The number of carbonyl (C=O) groups is 2. The van der Waals surface area contributed by atoms with E-state index in [1.807, 2.05) is 18.2 Å². The van der Waals surface area contributed by atoms with Crippen molar-refractivity contribution >= 4 is 12.3 Å². The van der Waals surface area contributed by atoms with Crippen LogP contribution in [0.3, 0.4) is 0 Å². The average Bonchev–Trinajstić information content (AvgIpc) is 2.52. The smallest absolute Gasteiger partial charge is 0.302 e. The average molecular weight is 286 g/mol. The van der Waals surface area contributed by atoms with Gasteiger partial charge in [-0.3, -0.25) is 9.59 Å². The molecule has 0 bridgehead atoms. The zero-order chi connectivity index (χ0) is 15.1. The van der Waals surface area contributed by atoms with Gasteiger partial charge in [0.05, 0.1) is 0 Å². The molecule has 0 radical (unpaired) electrons. The van der Waals surface area contributed by atoms with Gasteiger partial charge in [0.25, 0.3) is 0 Å². The van der Waals surface area contributed by atoms with Crippen molar-refractivity contribution in [1.29, 1.82) is 0 Å². The number of hydrogen-bond donors (Lipinski definition) is 0. The minimum Gasteiger partial charge on any atom is -0.462 e. The number of hydrogen-bond acceptors (Lipinski definition) is 3. The third kappa shape index (κ3) is 4.85. The first-order valence-corrected chi connectivity index (χ1v) is 7.54. The number of rotatable bonds is 5. The zero-order valence-electron chi connectivity index (χ0n) is 12.5. The predicted octanol–water partition coefficient (Wildman–Crippen LogP) is 3.89. The maximum Gasteiger partial charge on any atom is 0.302 e. The quantitative estimate of drug-likeness (QED) is 0.468. The van der Waals surface area contributed by atoms with Gasteiger partial charge in [0, 0.05) is 12.5 Å². The summed E-state index contributed by atoms with van der Waals surface area (Å²) in [6.07, 6.45) is 9.67. The van der Waals surface area contributed by atoms with Crippen LogP contribution in [0.4, 0.5) is 0 Å². The largest absolute Gasteiger partial charge is 0.462 e. The summed E-state index contributed by atoms with van der Waals surface area (Å²) >= 11 is 0. The Hall–Kier alpha value is -1.90. The Morgan fingerprint density at radius 1 is 1.19 bits per heavy atom. The fourth-order valence-electron chi connectivity index (χ4n) is 2.91. The van der Waals surface area contributed by atoms with Crippen molar-refractivity contribution in [2.75, 3.05) is 6.61 Å². The summed E-state index contributed by atoms with van der Waals surface area (Å²) in [5.74, 6) is 0.956. The van der Waals surface area contributed by atoms with Gasteiger partial charge in [-0.05, 0) is 43.1 Å². The molecule has 0 amide bonds. The van der Waals surface area contributed by atoms with E-state index in [0.29, 0.717) is 18.4 Å². The lowest BCUT2D eigenvalue weighted by atomic mass is 9.78. The van der Waals surface area contributed by atoms with Crippen LogP contribution in [-0.4, -0.2) is 18.9 Å². The third-order valence-corrected chi connectivity index (χ3v) is 4.11. The molecule has 0 aliphatic heterocycles. The molecule has 1 aromatic carbocycles. The Kier molecular flexibility index (Phi) is 5.73. The summed E-state index contributed by atoms with van der Waals surface area (Å²) in [6, 6.07) is 7.94. The maximum atomic E-state index is 10.7. The van der Waals surface area contributed by atoms with Crippen LogP contribution < -0.4 is 0 Å². The Bertz CT molecular complexity index is 494. The van der Waals surface area contributed by atoms with Crippen molar-refractivity contribution in [1.82, 2.24) is 0 Å². The van der Waals surface area contributed by atoms with E-state index in [9.17, 15) is 9.59 Å². The van der Waals surface area contributed by atoms with E-state index in [0.717, 1.165) is 24.7 Å². The Morgan fingerprint density at radius 3 is 2.43 bits per heavy atom. The highest BCUT2D eigenvalue weighted by molar-refractivity contribution is 5.74. The topological polar surface area (TPSA) is 43.4 Å². The van der Waals surface area contributed by atoms with Crippen LogP contribution >= 0.6 is 0 Å². The van der Waals surface area contributed by atoms with Crippen molar-refractivity contribution in [3.63, 3.8) is 0 Å². The second-order valence-electron chi connectivity index (χ2n) is 5.63. The molecule has 3 heteroatoms. The molecule has 1 saturated carbocycles. The number of benzene rings is 1. The van der Waals surface area contributed by atoms with E-state index < -0.39 is 0 Å². The maximum absolute atomic E-state index is 10.7. The highest BCUT2D eigenvalue weighted by atomic mass is 16.5. The van der Waals surface area contributed by atoms with E-state index in [4.69, 9.17) is 4.74 Å². The molecule has 0 spiro atoms. The van der Waals surface area contributed by atoms with Gasteiger partial charge in [-0.1, -0.05) is 36.4 Å². The lowest BCUT2D eigenvalue weighted by Crippen LogP contribution is -2.12. The predicted molar refractivity (Wildman–Crippen MR) is 82.3 cm³/mol. The van der Waals surface area contributed by atoms with Gasteiger partial charge in [-0.2, -0.15) is 0 Å². The summed E-state index contributed by atoms with van der Waals surface area (Å²) < 4.78 is 4.89. The van der Waals surface area contributed by atoms with Gasteiger partial charge in [0.1, 0.15) is 12.9 Å². The Labute approximate surface area is 126 Å². The standard InChI is InChI=1S/C18H22O3/c1-14(20)21-12-2-3-15-4-8-17(9-5-15)18-10-6-16(13-19)7-11-18/h2-3,6-7,10-11,13,15,17H,4-5,8-9,12H2,1H3/b3-2+. The summed E-state index contributed by atoms with van der Waals surface area (Å²) in [6.45, 7) is 1.80. The van der Waals surface area contributed by atoms with E-state index in [1.165, 1.54) is 25.3 Å². The van der Waals surface area contributed by atoms with Crippen molar-refractivity contribution < 1.29 is 14.3 Å². The molecule has 0 saturated heterocycles. The van der Waals surface area contributed by atoms with Gasteiger partial charge in [0.15, 0.2) is 0 Å².